The number of aliphatic imine (C=N–C) groups is 1. The summed E-state index contributed by atoms with van der Waals surface area (Å²) in [5.41, 5.74) is 1.90. The first-order valence-electron chi connectivity index (χ1n) is 10.6. The topological polar surface area (TPSA) is 69.9 Å². The predicted molar refractivity (Wildman–Crippen MR) is 136 cm³/mol. The number of aryl methyl sites for hydroxylation is 1. The maximum absolute atomic E-state index is 13.2. The summed E-state index contributed by atoms with van der Waals surface area (Å²) >= 11 is 0. The number of halogens is 1. The minimum Gasteiger partial charge on any atom is -0.357 e. The molecule has 7 nitrogen and oxygen atoms in total. The highest BCUT2D eigenvalue weighted by Crippen LogP contribution is 2.24. The van der Waals surface area contributed by atoms with Crippen LogP contribution in [-0.2, 0) is 30.2 Å². The minimum absolute atomic E-state index is 0. The Bertz CT molecular complexity index is 968. The van der Waals surface area contributed by atoms with Gasteiger partial charge in [-0.15, -0.1) is 24.0 Å². The van der Waals surface area contributed by atoms with Gasteiger partial charge in [0.25, 0.3) is 0 Å². The molecular formula is C22H34IN5O2S. The van der Waals surface area contributed by atoms with Crippen LogP contribution in [0.25, 0.3) is 0 Å². The second-order valence-corrected chi connectivity index (χ2v) is 9.62. The van der Waals surface area contributed by atoms with Crippen LogP contribution < -0.4 is 5.32 Å². The van der Waals surface area contributed by atoms with Gasteiger partial charge in [0, 0.05) is 45.6 Å². The Labute approximate surface area is 203 Å². The van der Waals surface area contributed by atoms with Gasteiger partial charge in [0.05, 0.1) is 18.0 Å². The number of benzene rings is 1. The van der Waals surface area contributed by atoms with Crippen LogP contribution in [0.5, 0.6) is 0 Å². The summed E-state index contributed by atoms with van der Waals surface area (Å²) in [6.45, 7) is 4.99. The van der Waals surface area contributed by atoms with E-state index in [9.17, 15) is 8.42 Å². The number of hydrogen-bond acceptors (Lipinski definition) is 3. The molecule has 0 bridgehead atoms. The standard InChI is InChI=1S/C22H33N5O2S.HI/c1-4-23-22(26(3)18-20-12-10-14-25(20)2)24-17-19-11-6-7-13-21(19)30(28,29)27-15-8-5-9-16-27;/h6-7,10-14H,4-5,8-9,15-18H2,1-3H3,(H,23,24);1H. The number of rotatable bonds is 7. The summed E-state index contributed by atoms with van der Waals surface area (Å²) in [4.78, 5) is 7.18. The molecule has 0 radical (unpaired) electrons. The van der Waals surface area contributed by atoms with Gasteiger partial charge in [-0.3, -0.25) is 0 Å². The fraction of sp³-hybridized carbons (Fsp3) is 0.500. The molecule has 0 saturated carbocycles. The molecule has 0 aliphatic carbocycles. The zero-order chi connectivity index (χ0) is 21.6. The summed E-state index contributed by atoms with van der Waals surface area (Å²) in [5, 5.41) is 3.31. The number of nitrogens with zero attached hydrogens (tertiary/aromatic N) is 4. The third-order valence-electron chi connectivity index (χ3n) is 5.45. The number of nitrogens with one attached hydrogen (secondary N) is 1. The molecule has 0 atom stereocenters. The zero-order valence-electron chi connectivity index (χ0n) is 18.6. The molecule has 0 amide bonds. The van der Waals surface area contributed by atoms with Crippen molar-refractivity contribution in [3.8, 4) is 0 Å². The lowest BCUT2D eigenvalue weighted by molar-refractivity contribution is 0.346. The quantitative estimate of drug-likeness (QED) is 0.321. The fourth-order valence-electron chi connectivity index (χ4n) is 3.74. The van der Waals surface area contributed by atoms with Crippen molar-refractivity contribution < 1.29 is 8.42 Å². The molecule has 1 aromatic heterocycles. The predicted octanol–water partition coefficient (Wildman–Crippen LogP) is 3.42. The summed E-state index contributed by atoms with van der Waals surface area (Å²) in [5.74, 6) is 0.754. The van der Waals surface area contributed by atoms with Crippen LogP contribution in [0.4, 0.5) is 0 Å². The molecule has 1 aliphatic heterocycles. The second-order valence-electron chi connectivity index (χ2n) is 7.71. The van der Waals surface area contributed by atoms with Crippen molar-refractivity contribution in [2.75, 3.05) is 26.7 Å². The van der Waals surface area contributed by atoms with Crippen molar-refractivity contribution >= 4 is 40.0 Å². The maximum Gasteiger partial charge on any atom is 0.243 e. The van der Waals surface area contributed by atoms with Crippen molar-refractivity contribution in [2.24, 2.45) is 12.0 Å². The lowest BCUT2D eigenvalue weighted by Crippen LogP contribution is -2.39. The van der Waals surface area contributed by atoms with Gasteiger partial charge in [0.2, 0.25) is 10.0 Å². The Morgan fingerprint density at radius 3 is 2.48 bits per heavy atom. The molecule has 1 aromatic carbocycles. The average Bonchev–Trinajstić information content (AvgIpc) is 3.16. The van der Waals surface area contributed by atoms with Crippen LogP contribution in [0.2, 0.25) is 0 Å². The van der Waals surface area contributed by atoms with Crippen LogP contribution in [0.3, 0.4) is 0 Å². The van der Waals surface area contributed by atoms with Gasteiger partial charge in [-0.1, -0.05) is 24.6 Å². The largest absolute Gasteiger partial charge is 0.357 e. The van der Waals surface area contributed by atoms with Crippen LogP contribution in [0, 0.1) is 0 Å². The van der Waals surface area contributed by atoms with Crippen molar-refractivity contribution in [3.63, 3.8) is 0 Å². The molecule has 31 heavy (non-hydrogen) atoms. The zero-order valence-corrected chi connectivity index (χ0v) is 21.8. The molecule has 0 unspecified atom stereocenters. The van der Waals surface area contributed by atoms with Gasteiger partial charge in [-0.25, -0.2) is 13.4 Å². The van der Waals surface area contributed by atoms with Gasteiger partial charge < -0.3 is 14.8 Å². The molecule has 3 rings (SSSR count). The SMILES string of the molecule is CCNC(=NCc1ccccc1S(=O)(=O)N1CCCCC1)N(C)Cc1cccn1C.I. The van der Waals surface area contributed by atoms with E-state index in [2.05, 4.69) is 20.9 Å². The first kappa shape index (κ1) is 25.7. The number of aromatic nitrogens is 1. The summed E-state index contributed by atoms with van der Waals surface area (Å²) in [6.07, 6.45) is 4.97. The van der Waals surface area contributed by atoms with Crippen molar-refractivity contribution in [2.45, 2.75) is 44.2 Å². The third kappa shape index (κ3) is 6.45. The van der Waals surface area contributed by atoms with Crippen molar-refractivity contribution in [3.05, 3.63) is 53.9 Å². The molecule has 9 heteroatoms. The van der Waals surface area contributed by atoms with Gasteiger partial charge >= 0.3 is 0 Å². The summed E-state index contributed by atoms with van der Waals surface area (Å²) < 4.78 is 30.1. The van der Waals surface area contributed by atoms with E-state index in [1.165, 1.54) is 5.69 Å². The lowest BCUT2D eigenvalue weighted by atomic mass is 10.2. The highest BCUT2D eigenvalue weighted by atomic mass is 127. The Kier molecular flexibility index (Phi) is 9.83. The smallest absolute Gasteiger partial charge is 0.243 e. The lowest BCUT2D eigenvalue weighted by Gasteiger charge is -2.27. The number of piperidine rings is 1. The van der Waals surface area contributed by atoms with E-state index >= 15 is 0 Å². The third-order valence-corrected chi connectivity index (χ3v) is 7.45. The van der Waals surface area contributed by atoms with Gasteiger partial charge in [0.15, 0.2) is 5.96 Å². The number of hydrogen-bond donors (Lipinski definition) is 1. The normalized spacial score (nSPS) is 15.4. The summed E-state index contributed by atoms with van der Waals surface area (Å²) in [6, 6.07) is 11.3. The van der Waals surface area contributed by atoms with Gasteiger partial charge in [0.1, 0.15) is 0 Å². The fourth-order valence-corrected chi connectivity index (χ4v) is 5.47. The van der Waals surface area contributed by atoms with Gasteiger partial charge in [-0.2, -0.15) is 4.31 Å². The Morgan fingerprint density at radius 1 is 1.13 bits per heavy atom. The first-order valence-corrected chi connectivity index (χ1v) is 12.0. The molecule has 2 aromatic rings. The van der Waals surface area contributed by atoms with Crippen molar-refractivity contribution in [1.82, 2.24) is 19.1 Å². The Balaban J connectivity index is 0.00000341. The molecule has 1 saturated heterocycles. The molecule has 1 fully saturated rings. The molecule has 1 aliphatic rings. The average molecular weight is 560 g/mol. The van der Waals surface area contributed by atoms with Crippen LogP contribution in [0.15, 0.2) is 52.5 Å². The maximum atomic E-state index is 13.2. The van der Waals surface area contributed by atoms with Gasteiger partial charge in [-0.05, 0) is 43.5 Å². The molecule has 172 valence electrons. The molecular weight excluding hydrogens is 525 g/mol. The highest BCUT2D eigenvalue weighted by Gasteiger charge is 2.27. The molecule has 1 N–H and O–H groups in total. The van der Waals surface area contributed by atoms with Crippen LogP contribution >= 0.6 is 24.0 Å². The summed E-state index contributed by atoms with van der Waals surface area (Å²) in [7, 11) is 0.521. The van der Waals surface area contributed by atoms with Crippen molar-refractivity contribution in [1.29, 1.82) is 0 Å². The molecule has 2 heterocycles. The van der Waals surface area contributed by atoms with Crippen LogP contribution in [-0.4, -0.2) is 54.8 Å². The Morgan fingerprint density at radius 2 is 1.84 bits per heavy atom. The number of guanidine groups is 1. The Hall–Kier alpha value is -1.59. The van der Waals surface area contributed by atoms with E-state index in [1.807, 2.05) is 45.4 Å². The number of sulfonamides is 1. The van der Waals surface area contributed by atoms with E-state index in [4.69, 9.17) is 4.99 Å². The van der Waals surface area contributed by atoms with E-state index < -0.39 is 10.0 Å². The minimum atomic E-state index is -3.49. The monoisotopic (exact) mass is 559 g/mol. The molecule has 0 spiro atoms. The van der Waals surface area contributed by atoms with Crippen LogP contribution in [0.1, 0.15) is 37.4 Å². The highest BCUT2D eigenvalue weighted by molar-refractivity contribution is 14.0. The van der Waals surface area contributed by atoms with E-state index in [0.717, 1.165) is 37.3 Å². The van der Waals surface area contributed by atoms with E-state index in [0.29, 0.717) is 31.1 Å². The second kappa shape index (κ2) is 11.9. The van der Waals surface area contributed by atoms with E-state index in [-0.39, 0.29) is 24.0 Å². The van der Waals surface area contributed by atoms with E-state index in [1.54, 1.807) is 16.4 Å². The first-order chi connectivity index (χ1) is 14.4.